The van der Waals surface area contributed by atoms with E-state index in [0.29, 0.717) is 27.2 Å². The van der Waals surface area contributed by atoms with Crippen molar-refractivity contribution in [1.29, 1.82) is 0 Å². The fourth-order valence-electron chi connectivity index (χ4n) is 2.59. The van der Waals surface area contributed by atoms with Gasteiger partial charge in [-0.3, -0.25) is 4.79 Å². The molecule has 0 fully saturated rings. The highest BCUT2D eigenvalue weighted by Crippen LogP contribution is 2.31. The first-order valence-electron chi connectivity index (χ1n) is 8.27. The van der Waals surface area contributed by atoms with E-state index >= 15 is 0 Å². The van der Waals surface area contributed by atoms with Crippen molar-refractivity contribution in [1.82, 2.24) is 9.29 Å². The van der Waals surface area contributed by atoms with Gasteiger partial charge in [0.25, 0.3) is 10.0 Å². The fraction of sp³-hybridized carbons (Fsp3) is 0.111. The van der Waals surface area contributed by atoms with Crippen LogP contribution in [0.1, 0.15) is 0 Å². The highest BCUT2D eigenvalue weighted by Gasteiger charge is 2.24. The number of amides is 1. The van der Waals surface area contributed by atoms with Gasteiger partial charge in [-0.2, -0.15) is 4.31 Å². The monoisotopic (exact) mass is 467 g/mol. The van der Waals surface area contributed by atoms with Crippen molar-refractivity contribution in [2.45, 2.75) is 4.21 Å². The van der Waals surface area contributed by atoms with Gasteiger partial charge in [-0.1, -0.05) is 17.7 Å². The maximum atomic E-state index is 12.4. The summed E-state index contributed by atoms with van der Waals surface area (Å²) in [6.07, 6.45) is 0. The number of furan rings is 1. The van der Waals surface area contributed by atoms with Gasteiger partial charge in [0.05, 0.1) is 6.54 Å². The minimum Gasteiger partial charge on any atom is -0.454 e. The Hall–Kier alpha value is -2.24. The van der Waals surface area contributed by atoms with Crippen LogP contribution in [0.2, 0.25) is 5.02 Å². The first kappa shape index (κ1) is 20.0. The second-order valence-electron chi connectivity index (χ2n) is 6.07. The Bertz CT molecular complexity index is 1280. The number of likely N-dealkylation sites (N-methyl/N-ethyl adjacent to an activating group) is 1. The highest BCUT2D eigenvalue weighted by molar-refractivity contribution is 7.91. The Morgan fingerprint density at radius 2 is 2.10 bits per heavy atom. The molecule has 0 spiro atoms. The normalized spacial score (nSPS) is 12.0. The molecule has 0 aliphatic rings. The van der Waals surface area contributed by atoms with E-state index in [2.05, 4.69) is 10.3 Å². The molecule has 0 aliphatic carbocycles. The van der Waals surface area contributed by atoms with E-state index in [1.807, 2.05) is 6.07 Å². The topological polar surface area (TPSA) is 92.5 Å². The van der Waals surface area contributed by atoms with E-state index < -0.39 is 15.9 Å². The summed E-state index contributed by atoms with van der Waals surface area (Å²) in [4.78, 5) is 16.6. The predicted molar refractivity (Wildman–Crippen MR) is 115 cm³/mol. The van der Waals surface area contributed by atoms with Crippen molar-refractivity contribution >= 4 is 66.3 Å². The zero-order valence-corrected chi connectivity index (χ0v) is 18.2. The molecule has 3 heterocycles. The Balaban J connectivity index is 1.45. The first-order valence-corrected chi connectivity index (χ1v) is 11.9. The lowest BCUT2D eigenvalue weighted by Gasteiger charge is -2.14. The molecule has 0 saturated carbocycles. The number of nitrogens with one attached hydrogen (secondary N) is 1. The van der Waals surface area contributed by atoms with E-state index in [-0.39, 0.29) is 10.8 Å². The first-order chi connectivity index (χ1) is 13.8. The number of thiophene rings is 1. The van der Waals surface area contributed by atoms with Crippen LogP contribution in [-0.2, 0) is 14.8 Å². The molecular weight excluding hydrogens is 454 g/mol. The van der Waals surface area contributed by atoms with E-state index in [0.717, 1.165) is 21.0 Å². The molecule has 0 unspecified atom stereocenters. The van der Waals surface area contributed by atoms with Gasteiger partial charge in [-0.15, -0.1) is 22.7 Å². The summed E-state index contributed by atoms with van der Waals surface area (Å²) in [5.41, 5.74) is 1.25. The molecule has 0 bridgehead atoms. The summed E-state index contributed by atoms with van der Waals surface area (Å²) in [6.45, 7) is -0.321. The number of anilines is 1. The van der Waals surface area contributed by atoms with Crippen molar-refractivity contribution in [3.8, 4) is 11.5 Å². The second kappa shape index (κ2) is 7.88. The van der Waals surface area contributed by atoms with Crippen LogP contribution in [0.25, 0.3) is 22.4 Å². The molecule has 29 heavy (non-hydrogen) atoms. The Kier molecular flexibility index (Phi) is 5.45. The number of halogens is 1. The zero-order valence-electron chi connectivity index (χ0n) is 15.0. The van der Waals surface area contributed by atoms with Crippen molar-refractivity contribution in [2.75, 3.05) is 18.9 Å². The molecule has 1 amide bonds. The Morgan fingerprint density at radius 3 is 2.86 bits per heavy atom. The average molecular weight is 468 g/mol. The number of fused-ring (bicyclic) bond motifs is 1. The number of rotatable bonds is 6. The Labute approximate surface area is 179 Å². The molecule has 7 nitrogen and oxygen atoms in total. The van der Waals surface area contributed by atoms with Gasteiger partial charge in [-0.25, -0.2) is 13.4 Å². The van der Waals surface area contributed by atoms with Crippen LogP contribution in [0.3, 0.4) is 0 Å². The summed E-state index contributed by atoms with van der Waals surface area (Å²) in [6, 6.07) is 10.3. The lowest BCUT2D eigenvalue weighted by Crippen LogP contribution is -2.34. The summed E-state index contributed by atoms with van der Waals surface area (Å²) >= 11 is 8.32. The van der Waals surface area contributed by atoms with E-state index in [1.54, 1.807) is 35.0 Å². The minimum absolute atomic E-state index is 0.189. The van der Waals surface area contributed by atoms with E-state index in [9.17, 15) is 13.2 Å². The zero-order chi connectivity index (χ0) is 20.6. The van der Waals surface area contributed by atoms with Crippen LogP contribution in [-0.4, -0.2) is 37.2 Å². The van der Waals surface area contributed by atoms with Crippen molar-refractivity contribution in [2.24, 2.45) is 0 Å². The number of hydrogen-bond donors (Lipinski definition) is 1. The molecular formula is C18H14ClN3O4S3. The molecule has 4 aromatic rings. The van der Waals surface area contributed by atoms with Crippen LogP contribution >= 0.6 is 34.3 Å². The van der Waals surface area contributed by atoms with Crippen LogP contribution in [0.4, 0.5) is 5.13 Å². The number of carbonyl (C=O) groups is 1. The van der Waals surface area contributed by atoms with Gasteiger partial charge < -0.3 is 9.73 Å². The lowest BCUT2D eigenvalue weighted by molar-refractivity contribution is -0.116. The minimum atomic E-state index is -3.69. The third-order valence-corrected chi connectivity index (χ3v) is 8.18. The van der Waals surface area contributed by atoms with Gasteiger partial charge in [0.15, 0.2) is 10.9 Å². The van der Waals surface area contributed by atoms with E-state index in [1.165, 1.54) is 24.5 Å². The number of thiazole rings is 1. The SMILES string of the molecule is CN(CC(=O)Nc1nc(-c2cc3cc(Cl)ccc3o2)cs1)S(=O)(=O)c1cccs1. The van der Waals surface area contributed by atoms with Gasteiger partial charge >= 0.3 is 0 Å². The molecule has 0 aliphatic heterocycles. The predicted octanol–water partition coefficient (Wildman–Crippen LogP) is 4.53. The molecule has 0 atom stereocenters. The van der Waals surface area contributed by atoms with Crippen molar-refractivity contribution in [3.63, 3.8) is 0 Å². The third kappa shape index (κ3) is 4.21. The summed E-state index contributed by atoms with van der Waals surface area (Å²) < 4.78 is 31.8. The average Bonchev–Trinajstić information content (AvgIpc) is 3.41. The summed E-state index contributed by atoms with van der Waals surface area (Å²) in [7, 11) is -2.33. The molecule has 4 rings (SSSR count). The number of sulfonamides is 1. The van der Waals surface area contributed by atoms with Gasteiger partial charge in [0.2, 0.25) is 5.91 Å². The molecule has 0 radical (unpaired) electrons. The van der Waals surface area contributed by atoms with Gasteiger partial charge in [0, 0.05) is 22.8 Å². The lowest BCUT2D eigenvalue weighted by atomic mass is 10.2. The smallest absolute Gasteiger partial charge is 0.252 e. The second-order valence-corrected chi connectivity index (χ2v) is 10.6. The standard InChI is InChI=1S/C18H14ClN3O4S3/c1-22(29(24,25)17-3-2-6-27-17)9-16(23)21-18-20-13(10-28-18)15-8-11-7-12(19)4-5-14(11)26-15/h2-8,10H,9H2,1H3,(H,20,21,23). The molecule has 1 aromatic carbocycles. The van der Waals surface area contributed by atoms with E-state index in [4.69, 9.17) is 16.0 Å². The largest absolute Gasteiger partial charge is 0.454 e. The summed E-state index contributed by atoms with van der Waals surface area (Å²) in [5, 5.41) is 7.86. The van der Waals surface area contributed by atoms with Crippen molar-refractivity contribution in [3.05, 3.63) is 52.2 Å². The molecule has 0 saturated heterocycles. The molecule has 3 aromatic heterocycles. The van der Waals surface area contributed by atoms with Crippen LogP contribution in [0.5, 0.6) is 0 Å². The number of aromatic nitrogens is 1. The van der Waals surface area contributed by atoms with Gasteiger partial charge in [-0.05, 0) is 35.7 Å². The molecule has 1 N–H and O–H groups in total. The maximum absolute atomic E-state index is 12.4. The van der Waals surface area contributed by atoms with Crippen molar-refractivity contribution < 1.29 is 17.6 Å². The maximum Gasteiger partial charge on any atom is 0.252 e. The number of carbonyl (C=O) groups excluding carboxylic acids is 1. The van der Waals surface area contributed by atoms with Crippen LogP contribution in [0, 0.1) is 0 Å². The Morgan fingerprint density at radius 1 is 1.28 bits per heavy atom. The fourth-order valence-corrected chi connectivity index (χ4v) is 5.82. The third-order valence-electron chi connectivity index (χ3n) is 4.01. The van der Waals surface area contributed by atoms with Crippen LogP contribution in [0.15, 0.2) is 55.8 Å². The van der Waals surface area contributed by atoms with Crippen LogP contribution < -0.4 is 5.32 Å². The highest BCUT2D eigenvalue weighted by atomic mass is 35.5. The number of benzene rings is 1. The van der Waals surface area contributed by atoms with Gasteiger partial charge in [0.1, 0.15) is 15.5 Å². The molecule has 150 valence electrons. The number of nitrogens with zero attached hydrogens (tertiary/aromatic N) is 2. The summed E-state index contributed by atoms with van der Waals surface area (Å²) in [5.74, 6) is 0.0707. The molecule has 11 heteroatoms. The quantitative estimate of drug-likeness (QED) is 0.449. The number of hydrogen-bond acceptors (Lipinski definition) is 7.